The molecule has 0 spiro atoms. The molecule has 1 aliphatic rings. The summed E-state index contributed by atoms with van der Waals surface area (Å²) in [7, 11) is 0. The number of unbranched alkanes of at least 4 members (excludes halogenated alkanes) is 1. The summed E-state index contributed by atoms with van der Waals surface area (Å²) in [6.07, 6.45) is 10.8. The summed E-state index contributed by atoms with van der Waals surface area (Å²) < 4.78 is 0. The van der Waals surface area contributed by atoms with Gasteiger partial charge in [-0.25, -0.2) is 0 Å². The Morgan fingerprint density at radius 2 is 2.33 bits per heavy atom. The maximum Gasteiger partial charge on any atom is 0.0428 e. The van der Waals surface area contributed by atoms with Crippen molar-refractivity contribution >= 4 is 0 Å². The third-order valence-electron chi connectivity index (χ3n) is 2.02. The van der Waals surface area contributed by atoms with Crippen LogP contribution in [0.2, 0.25) is 0 Å². The largest absolute Gasteiger partial charge is 0.374 e. The van der Waals surface area contributed by atoms with E-state index in [2.05, 4.69) is 24.1 Å². The second kappa shape index (κ2) is 4.99. The Morgan fingerprint density at radius 3 is 3.08 bits per heavy atom. The van der Waals surface area contributed by atoms with Crippen molar-refractivity contribution in [2.75, 3.05) is 13.1 Å². The SMILES string of the molecule is CCCCN1C=CC(N)C=CC1. The van der Waals surface area contributed by atoms with Crippen LogP contribution in [0.4, 0.5) is 0 Å². The fourth-order valence-electron chi connectivity index (χ4n) is 1.23. The highest BCUT2D eigenvalue weighted by Crippen LogP contribution is 2.01. The van der Waals surface area contributed by atoms with Gasteiger partial charge in [-0.3, -0.25) is 0 Å². The summed E-state index contributed by atoms with van der Waals surface area (Å²) in [5.41, 5.74) is 5.73. The van der Waals surface area contributed by atoms with Crippen LogP contribution in [0.5, 0.6) is 0 Å². The molecular formula is C10H18N2. The fraction of sp³-hybridized carbons (Fsp3) is 0.600. The van der Waals surface area contributed by atoms with Gasteiger partial charge in [0.2, 0.25) is 0 Å². The molecule has 1 unspecified atom stereocenters. The molecule has 0 bridgehead atoms. The molecule has 0 amide bonds. The van der Waals surface area contributed by atoms with Gasteiger partial charge in [0.1, 0.15) is 0 Å². The van der Waals surface area contributed by atoms with E-state index in [1.54, 1.807) is 0 Å². The van der Waals surface area contributed by atoms with E-state index in [-0.39, 0.29) is 6.04 Å². The van der Waals surface area contributed by atoms with E-state index in [0.717, 1.165) is 13.1 Å². The lowest BCUT2D eigenvalue weighted by atomic mass is 10.3. The van der Waals surface area contributed by atoms with Crippen LogP contribution in [-0.2, 0) is 0 Å². The third-order valence-corrected chi connectivity index (χ3v) is 2.02. The van der Waals surface area contributed by atoms with Gasteiger partial charge in [-0.15, -0.1) is 0 Å². The summed E-state index contributed by atoms with van der Waals surface area (Å²) in [6.45, 7) is 4.36. The Balaban J connectivity index is 2.36. The van der Waals surface area contributed by atoms with Gasteiger partial charge < -0.3 is 10.6 Å². The molecule has 1 atom stereocenters. The zero-order valence-electron chi connectivity index (χ0n) is 7.74. The second-order valence-electron chi connectivity index (χ2n) is 3.20. The Bertz CT molecular complexity index is 173. The van der Waals surface area contributed by atoms with Crippen LogP contribution in [0.15, 0.2) is 24.4 Å². The Hall–Kier alpha value is -0.760. The molecule has 0 saturated carbocycles. The maximum absolute atomic E-state index is 5.73. The maximum atomic E-state index is 5.73. The molecule has 1 aliphatic heterocycles. The summed E-state index contributed by atoms with van der Waals surface area (Å²) in [5.74, 6) is 0. The van der Waals surface area contributed by atoms with Crippen molar-refractivity contribution in [3.05, 3.63) is 24.4 Å². The number of hydrogen-bond donors (Lipinski definition) is 1. The van der Waals surface area contributed by atoms with Crippen LogP contribution in [0.25, 0.3) is 0 Å². The molecule has 0 fully saturated rings. The molecular weight excluding hydrogens is 148 g/mol. The fourth-order valence-corrected chi connectivity index (χ4v) is 1.23. The number of nitrogens with zero attached hydrogens (tertiary/aromatic N) is 1. The quantitative estimate of drug-likeness (QED) is 0.644. The first kappa shape index (κ1) is 9.33. The van der Waals surface area contributed by atoms with Crippen LogP contribution >= 0.6 is 0 Å². The third kappa shape index (κ3) is 3.09. The van der Waals surface area contributed by atoms with Crippen LogP contribution < -0.4 is 5.73 Å². The van der Waals surface area contributed by atoms with E-state index in [1.165, 1.54) is 12.8 Å². The van der Waals surface area contributed by atoms with E-state index in [0.29, 0.717) is 0 Å². The van der Waals surface area contributed by atoms with Crippen molar-refractivity contribution in [1.82, 2.24) is 4.90 Å². The highest BCUT2D eigenvalue weighted by Gasteiger charge is 2.00. The van der Waals surface area contributed by atoms with Crippen molar-refractivity contribution < 1.29 is 0 Å². The molecule has 0 aliphatic carbocycles. The highest BCUT2D eigenvalue weighted by molar-refractivity contribution is 5.08. The number of rotatable bonds is 3. The van der Waals surface area contributed by atoms with Crippen molar-refractivity contribution in [2.45, 2.75) is 25.8 Å². The normalized spacial score (nSPS) is 22.8. The van der Waals surface area contributed by atoms with Crippen molar-refractivity contribution in [2.24, 2.45) is 5.73 Å². The summed E-state index contributed by atoms with van der Waals surface area (Å²) in [4.78, 5) is 2.30. The standard InChI is InChI=1S/C10H18N2/c1-2-3-7-12-8-4-5-10(11)6-9-12/h4-6,9-10H,2-3,7-8,11H2,1H3. The summed E-state index contributed by atoms with van der Waals surface area (Å²) in [6, 6.07) is 0.108. The predicted molar refractivity (Wildman–Crippen MR) is 52.7 cm³/mol. The minimum absolute atomic E-state index is 0.108. The van der Waals surface area contributed by atoms with E-state index < -0.39 is 0 Å². The number of hydrogen-bond acceptors (Lipinski definition) is 2. The van der Waals surface area contributed by atoms with Gasteiger partial charge in [-0.2, -0.15) is 0 Å². The monoisotopic (exact) mass is 166 g/mol. The first-order valence-electron chi connectivity index (χ1n) is 4.67. The van der Waals surface area contributed by atoms with Gasteiger partial charge in [0.15, 0.2) is 0 Å². The van der Waals surface area contributed by atoms with Crippen molar-refractivity contribution in [3.63, 3.8) is 0 Å². The molecule has 0 radical (unpaired) electrons. The van der Waals surface area contributed by atoms with Gasteiger partial charge >= 0.3 is 0 Å². The topological polar surface area (TPSA) is 29.3 Å². The molecule has 0 saturated heterocycles. The first-order chi connectivity index (χ1) is 5.83. The van der Waals surface area contributed by atoms with Gasteiger partial charge in [-0.1, -0.05) is 25.5 Å². The molecule has 2 N–H and O–H groups in total. The molecule has 12 heavy (non-hydrogen) atoms. The average Bonchev–Trinajstić information content (AvgIpc) is 2.27. The van der Waals surface area contributed by atoms with Crippen LogP contribution in [-0.4, -0.2) is 24.0 Å². The molecule has 1 rings (SSSR count). The van der Waals surface area contributed by atoms with Crippen LogP contribution in [0.1, 0.15) is 19.8 Å². The zero-order valence-corrected chi connectivity index (χ0v) is 7.74. The molecule has 1 heterocycles. The lowest BCUT2D eigenvalue weighted by Crippen LogP contribution is -2.18. The van der Waals surface area contributed by atoms with Gasteiger partial charge in [0.25, 0.3) is 0 Å². The van der Waals surface area contributed by atoms with E-state index in [9.17, 15) is 0 Å². The van der Waals surface area contributed by atoms with Crippen LogP contribution in [0.3, 0.4) is 0 Å². The lowest BCUT2D eigenvalue weighted by Gasteiger charge is -2.16. The number of nitrogens with two attached hydrogens (primary N) is 1. The first-order valence-corrected chi connectivity index (χ1v) is 4.67. The Morgan fingerprint density at radius 1 is 1.50 bits per heavy atom. The smallest absolute Gasteiger partial charge is 0.0428 e. The predicted octanol–water partition coefficient (Wildman–Crippen LogP) is 1.50. The minimum Gasteiger partial charge on any atom is -0.374 e. The molecule has 0 aromatic heterocycles. The molecule has 0 aromatic carbocycles. The molecule has 2 nitrogen and oxygen atoms in total. The summed E-state index contributed by atoms with van der Waals surface area (Å²) >= 11 is 0. The van der Waals surface area contributed by atoms with Crippen molar-refractivity contribution in [3.8, 4) is 0 Å². The van der Waals surface area contributed by atoms with E-state index >= 15 is 0 Å². The van der Waals surface area contributed by atoms with Gasteiger partial charge in [-0.05, 0) is 18.7 Å². The average molecular weight is 166 g/mol. The molecule has 68 valence electrons. The minimum atomic E-state index is 0.108. The zero-order chi connectivity index (χ0) is 8.81. The lowest BCUT2D eigenvalue weighted by molar-refractivity contribution is 0.405. The van der Waals surface area contributed by atoms with Gasteiger partial charge in [0, 0.05) is 19.1 Å². The van der Waals surface area contributed by atoms with Crippen LogP contribution in [0, 0.1) is 0 Å². The highest BCUT2D eigenvalue weighted by atomic mass is 15.1. The van der Waals surface area contributed by atoms with E-state index in [1.807, 2.05) is 12.2 Å². The van der Waals surface area contributed by atoms with E-state index in [4.69, 9.17) is 5.73 Å². The molecule has 2 heteroatoms. The Kier molecular flexibility index (Phi) is 3.88. The van der Waals surface area contributed by atoms with Crippen molar-refractivity contribution in [1.29, 1.82) is 0 Å². The second-order valence-corrected chi connectivity index (χ2v) is 3.20. The van der Waals surface area contributed by atoms with Gasteiger partial charge in [0.05, 0.1) is 0 Å². The molecule has 0 aromatic rings. The summed E-state index contributed by atoms with van der Waals surface area (Å²) in [5, 5.41) is 0. The Labute approximate surface area is 74.7 Å².